The third kappa shape index (κ3) is 4.70. The van der Waals surface area contributed by atoms with E-state index in [9.17, 15) is 21.6 Å². The van der Waals surface area contributed by atoms with E-state index in [-0.39, 0.29) is 22.8 Å². The molecule has 0 amide bonds. The summed E-state index contributed by atoms with van der Waals surface area (Å²) >= 11 is 0. The zero-order valence-electron chi connectivity index (χ0n) is 15.1. The number of hydrogen-bond donors (Lipinski definition) is 1. The van der Waals surface area contributed by atoms with Crippen LogP contribution in [0.25, 0.3) is 0 Å². The van der Waals surface area contributed by atoms with Gasteiger partial charge in [-0.1, -0.05) is 31.4 Å². The largest absolute Gasteiger partial charge is 0.480 e. The Morgan fingerprint density at radius 3 is 2.22 bits per heavy atom. The lowest BCUT2D eigenvalue weighted by atomic mass is 9.84. The van der Waals surface area contributed by atoms with Gasteiger partial charge in [-0.05, 0) is 42.9 Å². The first-order valence-electron chi connectivity index (χ1n) is 9.23. The highest BCUT2D eigenvalue weighted by molar-refractivity contribution is 7.92. The molecule has 9 heteroatoms. The van der Waals surface area contributed by atoms with Crippen LogP contribution in [0.15, 0.2) is 29.2 Å². The summed E-state index contributed by atoms with van der Waals surface area (Å²) < 4.78 is 50.4. The molecule has 0 radical (unpaired) electrons. The first kappa shape index (κ1) is 20.3. The van der Waals surface area contributed by atoms with E-state index in [1.807, 2.05) is 0 Å². The van der Waals surface area contributed by atoms with Crippen LogP contribution in [0.3, 0.4) is 0 Å². The average Bonchev–Trinajstić information content (AvgIpc) is 3.00. The first-order valence-corrected chi connectivity index (χ1v) is 12.5. The van der Waals surface area contributed by atoms with Crippen LogP contribution in [-0.2, 0) is 24.7 Å². The summed E-state index contributed by atoms with van der Waals surface area (Å²) in [6.07, 6.45) is 5.89. The number of carbonyl (C=O) groups is 1. The molecule has 150 valence electrons. The number of sulfonamides is 1. The third-order valence-corrected chi connectivity index (χ3v) is 9.13. The van der Waals surface area contributed by atoms with Crippen molar-refractivity contribution in [2.45, 2.75) is 55.4 Å². The van der Waals surface area contributed by atoms with Gasteiger partial charge in [0.25, 0.3) is 0 Å². The summed E-state index contributed by atoms with van der Waals surface area (Å²) in [6.45, 7) is -0.743. The third-order valence-electron chi connectivity index (χ3n) is 5.47. The summed E-state index contributed by atoms with van der Waals surface area (Å²) in [5.41, 5.74) is 1.10. The van der Waals surface area contributed by atoms with Gasteiger partial charge in [0, 0.05) is 6.04 Å². The Morgan fingerprint density at radius 1 is 1.07 bits per heavy atom. The molecule has 1 saturated heterocycles. The molecule has 2 aliphatic rings. The van der Waals surface area contributed by atoms with E-state index in [1.54, 1.807) is 12.1 Å². The highest BCUT2D eigenvalue weighted by atomic mass is 32.2. The number of rotatable bonds is 6. The zero-order chi connectivity index (χ0) is 19.7. The van der Waals surface area contributed by atoms with Gasteiger partial charge >= 0.3 is 5.97 Å². The van der Waals surface area contributed by atoms with Crippen LogP contribution in [-0.4, -0.2) is 56.3 Å². The molecule has 1 N–H and O–H groups in total. The molecule has 1 saturated carbocycles. The van der Waals surface area contributed by atoms with Crippen LogP contribution < -0.4 is 0 Å². The molecule has 1 aliphatic heterocycles. The molecule has 1 atom stereocenters. The molecule has 0 bridgehead atoms. The predicted octanol–water partition coefficient (Wildman–Crippen LogP) is 2.00. The number of benzene rings is 1. The Hall–Kier alpha value is -1.45. The Morgan fingerprint density at radius 2 is 1.70 bits per heavy atom. The molecular weight excluding hydrogens is 390 g/mol. The maximum absolute atomic E-state index is 13.0. The predicted molar refractivity (Wildman–Crippen MR) is 101 cm³/mol. The number of nitrogens with zero attached hydrogens (tertiary/aromatic N) is 1. The fourth-order valence-electron chi connectivity index (χ4n) is 4.03. The van der Waals surface area contributed by atoms with Gasteiger partial charge < -0.3 is 5.11 Å². The number of carboxylic acid groups (broad SMARTS) is 1. The zero-order valence-corrected chi connectivity index (χ0v) is 16.7. The molecule has 0 unspecified atom stereocenters. The second-order valence-electron chi connectivity index (χ2n) is 7.40. The summed E-state index contributed by atoms with van der Waals surface area (Å²) in [4.78, 5) is 11.2. The smallest absolute Gasteiger partial charge is 0.318 e. The molecule has 3 rings (SSSR count). The molecule has 1 heterocycles. The fraction of sp³-hybridized carbons (Fsp3) is 0.611. The fourth-order valence-corrected chi connectivity index (χ4v) is 7.46. The Labute approximate surface area is 160 Å². The first-order chi connectivity index (χ1) is 12.7. The molecule has 27 heavy (non-hydrogen) atoms. The van der Waals surface area contributed by atoms with Crippen molar-refractivity contribution >= 4 is 25.8 Å². The molecule has 0 spiro atoms. The van der Waals surface area contributed by atoms with Gasteiger partial charge in [0.2, 0.25) is 10.0 Å². The van der Waals surface area contributed by atoms with Crippen molar-refractivity contribution in [3.8, 4) is 0 Å². The Bertz CT molecular complexity index is 886. The van der Waals surface area contributed by atoms with Gasteiger partial charge in [-0.3, -0.25) is 4.79 Å². The number of aliphatic carboxylic acids is 1. The lowest BCUT2D eigenvalue weighted by molar-refractivity contribution is -0.137. The van der Waals surface area contributed by atoms with Crippen molar-refractivity contribution in [3.05, 3.63) is 29.8 Å². The van der Waals surface area contributed by atoms with E-state index in [2.05, 4.69) is 0 Å². The van der Waals surface area contributed by atoms with E-state index < -0.39 is 38.4 Å². The topological polar surface area (TPSA) is 109 Å². The van der Waals surface area contributed by atoms with Crippen molar-refractivity contribution < 1.29 is 26.7 Å². The van der Waals surface area contributed by atoms with E-state index in [1.165, 1.54) is 31.4 Å². The van der Waals surface area contributed by atoms with Gasteiger partial charge in [-0.25, -0.2) is 16.8 Å². The molecule has 7 nitrogen and oxygen atoms in total. The Balaban J connectivity index is 1.86. The highest BCUT2D eigenvalue weighted by Gasteiger charge is 2.39. The van der Waals surface area contributed by atoms with E-state index in [4.69, 9.17) is 5.11 Å². The summed E-state index contributed by atoms with van der Waals surface area (Å²) in [5, 5.41) is 9.14. The molecule has 1 aromatic carbocycles. The van der Waals surface area contributed by atoms with Crippen LogP contribution in [0, 0.1) is 0 Å². The molecule has 0 aromatic heterocycles. The standard InChI is InChI=1S/C18H25NO6S2/c20-18(21)12-19(16-10-11-26(22,23)13-16)27(24,25)17-8-6-15(7-9-17)14-4-2-1-3-5-14/h6-9,14,16H,1-5,10-13H2,(H,20,21)/t16-/m1/s1. The van der Waals surface area contributed by atoms with Crippen molar-refractivity contribution in [3.63, 3.8) is 0 Å². The summed E-state index contributed by atoms with van der Waals surface area (Å²) in [5.74, 6) is -1.32. The van der Waals surface area contributed by atoms with Gasteiger partial charge in [-0.15, -0.1) is 0 Å². The quantitative estimate of drug-likeness (QED) is 0.761. The summed E-state index contributed by atoms with van der Waals surface area (Å²) in [6, 6.07) is 5.78. The molecule has 1 aromatic rings. The van der Waals surface area contributed by atoms with E-state index in [0.717, 1.165) is 22.7 Å². The normalized spacial score (nSPS) is 23.5. The van der Waals surface area contributed by atoms with Gasteiger partial charge in [0.05, 0.1) is 16.4 Å². The minimum Gasteiger partial charge on any atom is -0.480 e. The van der Waals surface area contributed by atoms with Crippen molar-refractivity contribution in [1.29, 1.82) is 0 Å². The second kappa shape index (κ2) is 7.89. The number of hydrogen-bond acceptors (Lipinski definition) is 5. The SMILES string of the molecule is O=C(O)CN([C@@H]1CCS(=O)(=O)C1)S(=O)(=O)c1ccc(C2CCCCC2)cc1. The highest BCUT2D eigenvalue weighted by Crippen LogP contribution is 2.33. The number of carboxylic acids is 1. The molecule has 2 fully saturated rings. The molecular formula is C18H25NO6S2. The lowest BCUT2D eigenvalue weighted by Gasteiger charge is -2.26. The monoisotopic (exact) mass is 415 g/mol. The van der Waals surface area contributed by atoms with Crippen molar-refractivity contribution in [2.75, 3.05) is 18.1 Å². The van der Waals surface area contributed by atoms with Gasteiger partial charge in [-0.2, -0.15) is 4.31 Å². The van der Waals surface area contributed by atoms with Gasteiger partial charge in [0.15, 0.2) is 9.84 Å². The lowest BCUT2D eigenvalue weighted by Crippen LogP contribution is -2.44. The van der Waals surface area contributed by atoms with Crippen molar-refractivity contribution in [1.82, 2.24) is 4.31 Å². The Kier molecular flexibility index (Phi) is 5.93. The maximum Gasteiger partial charge on any atom is 0.318 e. The van der Waals surface area contributed by atoms with E-state index >= 15 is 0 Å². The van der Waals surface area contributed by atoms with Gasteiger partial charge in [0.1, 0.15) is 6.54 Å². The molecule has 1 aliphatic carbocycles. The number of sulfone groups is 1. The van der Waals surface area contributed by atoms with Crippen molar-refractivity contribution in [2.24, 2.45) is 0 Å². The maximum atomic E-state index is 13.0. The van der Waals surface area contributed by atoms with Crippen LogP contribution in [0.5, 0.6) is 0 Å². The van der Waals surface area contributed by atoms with Crippen LogP contribution in [0.1, 0.15) is 50.0 Å². The minimum absolute atomic E-state index is 0.00704. The second-order valence-corrected chi connectivity index (χ2v) is 11.5. The van der Waals surface area contributed by atoms with Crippen LogP contribution in [0.2, 0.25) is 0 Å². The minimum atomic E-state index is -4.09. The van der Waals surface area contributed by atoms with Crippen LogP contribution in [0.4, 0.5) is 0 Å². The summed E-state index contributed by atoms with van der Waals surface area (Å²) in [7, 11) is -7.43. The average molecular weight is 416 g/mol. The van der Waals surface area contributed by atoms with Crippen LogP contribution >= 0.6 is 0 Å². The van der Waals surface area contributed by atoms with E-state index in [0.29, 0.717) is 5.92 Å².